The standard InChI is InChI=1S/C24H26N2O2/c1-3-7-20(8-4-1)17-22-11-12-23(24(22)26-13-15-27-16-14-26)18-25-28-19-21-9-5-2-6-10-21/h1-10,17-18H,11-16,19H2. The van der Waals surface area contributed by atoms with E-state index >= 15 is 0 Å². The van der Waals surface area contributed by atoms with Crippen molar-refractivity contribution in [2.45, 2.75) is 19.4 Å². The van der Waals surface area contributed by atoms with E-state index in [0.717, 1.165) is 44.7 Å². The summed E-state index contributed by atoms with van der Waals surface area (Å²) < 4.78 is 5.55. The Morgan fingerprint density at radius 2 is 1.64 bits per heavy atom. The molecule has 0 spiro atoms. The zero-order valence-corrected chi connectivity index (χ0v) is 16.1. The first kappa shape index (κ1) is 18.5. The quantitative estimate of drug-likeness (QED) is 0.545. The van der Waals surface area contributed by atoms with Crippen molar-refractivity contribution < 1.29 is 9.57 Å². The molecule has 1 heterocycles. The minimum Gasteiger partial charge on any atom is -0.391 e. The van der Waals surface area contributed by atoms with Gasteiger partial charge in [-0.05, 0) is 41.2 Å². The van der Waals surface area contributed by atoms with Gasteiger partial charge in [-0.1, -0.05) is 65.8 Å². The van der Waals surface area contributed by atoms with Gasteiger partial charge in [0.15, 0.2) is 0 Å². The summed E-state index contributed by atoms with van der Waals surface area (Å²) in [5.74, 6) is 0. The summed E-state index contributed by atoms with van der Waals surface area (Å²) in [5.41, 5.74) is 6.29. The summed E-state index contributed by atoms with van der Waals surface area (Å²) in [6.45, 7) is 3.88. The molecule has 1 fully saturated rings. The molecule has 1 saturated heterocycles. The molecule has 2 aromatic carbocycles. The molecule has 0 aromatic heterocycles. The van der Waals surface area contributed by atoms with Crippen molar-refractivity contribution in [3.8, 4) is 0 Å². The number of morpholine rings is 1. The van der Waals surface area contributed by atoms with Crippen LogP contribution in [0.4, 0.5) is 0 Å². The second-order valence-corrected chi connectivity index (χ2v) is 7.05. The molecule has 2 aliphatic rings. The van der Waals surface area contributed by atoms with E-state index < -0.39 is 0 Å². The molecule has 1 aliphatic heterocycles. The Morgan fingerprint density at radius 3 is 2.39 bits per heavy atom. The highest BCUT2D eigenvalue weighted by Crippen LogP contribution is 2.35. The van der Waals surface area contributed by atoms with Crippen LogP contribution >= 0.6 is 0 Å². The molecular formula is C24H26N2O2. The number of hydrogen-bond acceptors (Lipinski definition) is 4. The van der Waals surface area contributed by atoms with Crippen LogP contribution in [0.2, 0.25) is 0 Å². The molecule has 4 heteroatoms. The fourth-order valence-corrected chi connectivity index (χ4v) is 3.71. The van der Waals surface area contributed by atoms with Gasteiger partial charge < -0.3 is 14.5 Å². The molecular weight excluding hydrogens is 348 g/mol. The molecule has 0 amide bonds. The molecule has 144 valence electrons. The fourth-order valence-electron chi connectivity index (χ4n) is 3.71. The minimum absolute atomic E-state index is 0.490. The van der Waals surface area contributed by atoms with E-state index in [9.17, 15) is 0 Å². The summed E-state index contributed by atoms with van der Waals surface area (Å²) >= 11 is 0. The molecule has 1 aliphatic carbocycles. The molecule has 28 heavy (non-hydrogen) atoms. The van der Waals surface area contributed by atoms with Crippen LogP contribution < -0.4 is 0 Å². The minimum atomic E-state index is 0.490. The van der Waals surface area contributed by atoms with Gasteiger partial charge in [0.1, 0.15) is 6.61 Å². The second kappa shape index (κ2) is 9.38. The molecule has 0 radical (unpaired) electrons. The van der Waals surface area contributed by atoms with Gasteiger partial charge in [0, 0.05) is 18.8 Å². The molecule has 0 N–H and O–H groups in total. The molecule has 0 saturated carbocycles. The number of oxime groups is 1. The third kappa shape index (κ3) is 4.70. The molecule has 0 atom stereocenters. The molecule has 0 unspecified atom stereocenters. The van der Waals surface area contributed by atoms with Crippen molar-refractivity contribution in [2.75, 3.05) is 26.3 Å². The summed E-state index contributed by atoms with van der Waals surface area (Å²) in [6.07, 6.45) is 6.22. The van der Waals surface area contributed by atoms with Crippen LogP contribution in [0.25, 0.3) is 6.08 Å². The highest BCUT2D eigenvalue weighted by molar-refractivity contribution is 5.83. The number of hydrogen-bond donors (Lipinski definition) is 0. The smallest absolute Gasteiger partial charge is 0.142 e. The van der Waals surface area contributed by atoms with Gasteiger partial charge in [0.25, 0.3) is 0 Å². The lowest BCUT2D eigenvalue weighted by Crippen LogP contribution is -2.36. The maximum Gasteiger partial charge on any atom is 0.142 e. The van der Waals surface area contributed by atoms with E-state index in [2.05, 4.69) is 46.5 Å². The number of nitrogens with zero attached hydrogens (tertiary/aromatic N) is 2. The van der Waals surface area contributed by atoms with E-state index in [0.29, 0.717) is 6.61 Å². The second-order valence-electron chi connectivity index (χ2n) is 7.05. The lowest BCUT2D eigenvalue weighted by molar-refractivity contribution is 0.0548. The van der Waals surface area contributed by atoms with E-state index in [1.54, 1.807) is 0 Å². The molecule has 2 aromatic rings. The normalized spacial score (nSPS) is 19.0. The maximum atomic E-state index is 5.55. The predicted molar refractivity (Wildman–Crippen MR) is 113 cm³/mol. The Hall–Kier alpha value is -2.85. The van der Waals surface area contributed by atoms with E-state index in [4.69, 9.17) is 9.57 Å². The average molecular weight is 374 g/mol. The lowest BCUT2D eigenvalue weighted by atomic mass is 10.1. The SMILES string of the molecule is C(=NOCc1ccccc1)C1=C(N2CCOCC2)C(=Cc2ccccc2)CC1. The summed E-state index contributed by atoms with van der Waals surface area (Å²) in [4.78, 5) is 7.98. The van der Waals surface area contributed by atoms with E-state index in [-0.39, 0.29) is 0 Å². The molecule has 4 nitrogen and oxygen atoms in total. The van der Waals surface area contributed by atoms with Crippen LogP contribution in [-0.2, 0) is 16.2 Å². The van der Waals surface area contributed by atoms with E-state index in [1.807, 2.05) is 36.5 Å². The summed E-state index contributed by atoms with van der Waals surface area (Å²) in [7, 11) is 0. The van der Waals surface area contributed by atoms with Crippen molar-refractivity contribution in [1.29, 1.82) is 0 Å². The summed E-state index contributed by atoms with van der Waals surface area (Å²) in [6, 6.07) is 20.6. The zero-order chi connectivity index (χ0) is 19.0. The van der Waals surface area contributed by atoms with Gasteiger partial charge in [-0.3, -0.25) is 0 Å². The predicted octanol–water partition coefficient (Wildman–Crippen LogP) is 4.65. The van der Waals surface area contributed by atoms with Gasteiger partial charge in [-0.15, -0.1) is 0 Å². The topological polar surface area (TPSA) is 34.1 Å². The fraction of sp³-hybridized carbons (Fsp3) is 0.292. The van der Waals surface area contributed by atoms with Crippen LogP contribution in [0.5, 0.6) is 0 Å². The molecule has 0 bridgehead atoms. The Balaban J connectivity index is 1.53. The third-order valence-electron chi connectivity index (χ3n) is 5.10. The monoisotopic (exact) mass is 374 g/mol. The van der Waals surface area contributed by atoms with Gasteiger partial charge in [-0.25, -0.2) is 0 Å². The third-order valence-corrected chi connectivity index (χ3v) is 5.10. The van der Waals surface area contributed by atoms with Crippen LogP contribution in [0.3, 0.4) is 0 Å². The largest absolute Gasteiger partial charge is 0.391 e. The Labute approximate surface area is 166 Å². The number of allylic oxidation sites excluding steroid dienone is 2. The lowest BCUT2D eigenvalue weighted by Gasteiger charge is -2.31. The number of benzene rings is 2. The first-order chi connectivity index (χ1) is 13.9. The first-order valence-corrected chi connectivity index (χ1v) is 9.91. The number of ether oxygens (including phenoxy) is 1. The van der Waals surface area contributed by atoms with Crippen molar-refractivity contribution >= 4 is 12.3 Å². The average Bonchev–Trinajstić information content (AvgIpc) is 3.15. The van der Waals surface area contributed by atoms with Crippen LogP contribution in [-0.4, -0.2) is 37.4 Å². The highest BCUT2D eigenvalue weighted by atomic mass is 16.6. The summed E-state index contributed by atoms with van der Waals surface area (Å²) in [5, 5.41) is 4.27. The Morgan fingerprint density at radius 1 is 0.929 bits per heavy atom. The molecule has 4 rings (SSSR count). The first-order valence-electron chi connectivity index (χ1n) is 9.91. The van der Waals surface area contributed by atoms with Crippen LogP contribution in [0, 0.1) is 0 Å². The van der Waals surface area contributed by atoms with Gasteiger partial charge in [0.05, 0.1) is 19.4 Å². The van der Waals surface area contributed by atoms with Gasteiger partial charge in [-0.2, -0.15) is 0 Å². The number of rotatable bonds is 6. The van der Waals surface area contributed by atoms with Gasteiger partial charge >= 0.3 is 0 Å². The highest BCUT2D eigenvalue weighted by Gasteiger charge is 2.25. The van der Waals surface area contributed by atoms with Gasteiger partial charge in [0.2, 0.25) is 0 Å². The van der Waals surface area contributed by atoms with Crippen molar-refractivity contribution in [3.63, 3.8) is 0 Å². The van der Waals surface area contributed by atoms with E-state index in [1.165, 1.54) is 22.4 Å². The zero-order valence-electron chi connectivity index (χ0n) is 16.1. The maximum absolute atomic E-state index is 5.55. The van der Waals surface area contributed by atoms with Crippen LogP contribution in [0.15, 0.2) is 82.7 Å². The Bertz CT molecular complexity index is 851. The van der Waals surface area contributed by atoms with Crippen molar-refractivity contribution in [3.05, 3.63) is 88.6 Å². The van der Waals surface area contributed by atoms with Crippen molar-refractivity contribution in [1.82, 2.24) is 4.90 Å². The Kier molecular flexibility index (Phi) is 6.20. The van der Waals surface area contributed by atoms with Crippen LogP contribution in [0.1, 0.15) is 24.0 Å². The van der Waals surface area contributed by atoms with Crippen molar-refractivity contribution in [2.24, 2.45) is 5.16 Å².